The van der Waals surface area contributed by atoms with Crippen molar-refractivity contribution in [3.63, 3.8) is 0 Å². The monoisotopic (exact) mass is 362 g/mol. The van der Waals surface area contributed by atoms with Crippen molar-refractivity contribution >= 4 is 26.6 Å². The van der Waals surface area contributed by atoms with E-state index < -0.39 is 14.6 Å². The van der Waals surface area contributed by atoms with E-state index >= 15 is 0 Å². The lowest BCUT2D eigenvalue weighted by Gasteiger charge is -2.49. The lowest BCUT2D eigenvalue weighted by Crippen LogP contribution is -2.68. The summed E-state index contributed by atoms with van der Waals surface area (Å²) in [5.41, 5.74) is 1.51. The molecule has 0 bridgehead atoms. The number of fused-ring (bicyclic) bond motifs is 1. The van der Waals surface area contributed by atoms with Gasteiger partial charge in [-0.1, -0.05) is 18.2 Å². The first-order chi connectivity index (χ1) is 12.0. The molecule has 7 heteroatoms. The van der Waals surface area contributed by atoms with Gasteiger partial charge in [-0.2, -0.15) is 0 Å². The molecule has 25 heavy (non-hydrogen) atoms. The maximum absolute atomic E-state index is 12.9. The Bertz CT molecular complexity index is 912. The molecule has 1 spiro atoms. The van der Waals surface area contributed by atoms with Gasteiger partial charge in [-0.25, -0.2) is 8.42 Å². The Hall–Kier alpha value is -1.86. The second-order valence-electron chi connectivity index (χ2n) is 6.94. The lowest BCUT2D eigenvalue weighted by molar-refractivity contribution is 0.0272. The number of hydrogen-bond acceptors (Lipinski definition) is 4. The molecule has 1 amide bonds. The van der Waals surface area contributed by atoms with Gasteiger partial charge >= 0.3 is 0 Å². The van der Waals surface area contributed by atoms with E-state index in [1.807, 2.05) is 31.2 Å². The zero-order valence-corrected chi connectivity index (χ0v) is 15.0. The topological polar surface area (TPSA) is 79.5 Å². The minimum absolute atomic E-state index is 0.0236. The highest BCUT2D eigenvalue weighted by molar-refractivity contribution is 7.93. The highest BCUT2D eigenvalue weighted by atomic mass is 32.2. The highest BCUT2D eigenvalue weighted by Crippen LogP contribution is 2.45. The van der Waals surface area contributed by atoms with Gasteiger partial charge in [0.05, 0.1) is 17.9 Å². The van der Waals surface area contributed by atoms with Gasteiger partial charge in [0.1, 0.15) is 4.75 Å². The molecule has 3 heterocycles. The van der Waals surface area contributed by atoms with Crippen LogP contribution in [0.15, 0.2) is 30.5 Å². The van der Waals surface area contributed by atoms with Gasteiger partial charge in [0.15, 0.2) is 9.84 Å². The minimum atomic E-state index is -3.19. The third-order valence-electron chi connectivity index (χ3n) is 5.65. The third-order valence-corrected chi connectivity index (χ3v) is 8.25. The molecule has 2 aromatic rings. The van der Waals surface area contributed by atoms with Gasteiger partial charge < -0.3 is 14.6 Å². The number of H-pyrrole nitrogens is 1. The van der Waals surface area contributed by atoms with Crippen molar-refractivity contribution in [3.8, 4) is 0 Å². The number of aromatic amines is 1. The number of carbonyl (C=O) groups excluding carboxylic acids is 1. The molecule has 2 fully saturated rings. The second kappa shape index (κ2) is 5.85. The van der Waals surface area contributed by atoms with Crippen LogP contribution in [0.25, 0.3) is 10.9 Å². The largest absolute Gasteiger partial charge is 0.381 e. The van der Waals surface area contributed by atoms with Crippen LogP contribution in [-0.4, -0.2) is 61.0 Å². The molecular weight excluding hydrogens is 340 g/mol. The number of carbonyl (C=O) groups is 1. The molecule has 134 valence electrons. The van der Waals surface area contributed by atoms with E-state index in [4.69, 9.17) is 4.74 Å². The number of likely N-dealkylation sites (tertiary alicyclic amines) is 1. The Kier molecular flexibility index (Phi) is 3.88. The maximum Gasteiger partial charge on any atom is 0.256 e. The number of hydrogen-bond donors (Lipinski definition) is 1. The van der Waals surface area contributed by atoms with Crippen molar-refractivity contribution in [2.75, 3.05) is 32.1 Å². The van der Waals surface area contributed by atoms with Gasteiger partial charge in [0.2, 0.25) is 0 Å². The highest BCUT2D eigenvalue weighted by Gasteiger charge is 2.62. The summed E-state index contributed by atoms with van der Waals surface area (Å²) >= 11 is 0. The molecule has 0 aliphatic carbocycles. The first kappa shape index (κ1) is 16.6. The standard InChI is InChI=1S/C18H22N2O4S/c1-2-24-10-13-7-8-25(22,23)18(13)11-20(12-18)17(21)15-9-19-16-6-4-3-5-14(15)16/h3-6,9,13,19H,2,7-8,10-12H2,1H3/t13-/m0/s1. The molecule has 0 unspecified atom stereocenters. The van der Waals surface area contributed by atoms with Crippen LogP contribution in [0.4, 0.5) is 0 Å². The number of nitrogens with one attached hydrogen (secondary N) is 1. The van der Waals surface area contributed by atoms with Crippen LogP contribution in [0.3, 0.4) is 0 Å². The van der Waals surface area contributed by atoms with E-state index in [2.05, 4.69) is 4.98 Å². The maximum atomic E-state index is 12.9. The summed E-state index contributed by atoms with van der Waals surface area (Å²) in [6.45, 7) is 3.47. The van der Waals surface area contributed by atoms with E-state index in [0.717, 1.165) is 10.9 Å². The second-order valence-corrected chi connectivity index (χ2v) is 9.39. The first-order valence-electron chi connectivity index (χ1n) is 8.64. The van der Waals surface area contributed by atoms with E-state index in [0.29, 0.717) is 25.2 Å². The lowest BCUT2D eigenvalue weighted by atomic mass is 9.83. The van der Waals surface area contributed by atoms with Gasteiger partial charge in [-0.3, -0.25) is 4.79 Å². The van der Waals surface area contributed by atoms with Gasteiger partial charge in [-0.15, -0.1) is 0 Å². The summed E-state index contributed by atoms with van der Waals surface area (Å²) in [6, 6.07) is 7.63. The van der Waals surface area contributed by atoms with Gasteiger partial charge in [0, 0.05) is 42.7 Å². The van der Waals surface area contributed by atoms with Crippen LogP contribution in [0.1, 0.15) is 23.7 Å². The Morgan fingerprint density at radius 3 is 2.88 bits per heavy atom. The number of aromatic nitrogens is 1. The van der Waals surface area contributed by atoms with Gasteiger partial charge in [0.25, 0.3) is 5.91 Å². The first-order valence-corrected chi connectivity index (χ1v) is 10.3. The van der Waals surface area contributed by atoms with Crippen LogP contribution >= 0.6 is 0 Å². The molecule has 2 aliphatic rings. The molecule has 2 saturated heterocycles. The van der Waals surface area contributed by atoms with E-state index in [1.54, 1.807) is 11.1 Å². The zero-order valence-electron chi connectivity index (χ0n) is 14.2. The van der Waals surface area contributed by atoms with Crippen molar-refractivity contribution in [2.24, 2.45) is 5.92 Å². The number of sulfone groups is 1. The molecule has 6 nitrogen and oxygen atoms in total. The summed E-state index contributed by atoms with van der Waals surface area (Å²) in [4.78, 5) is 17.6. The van der Waals surface area contributed by atoms with E-state index in [1.165, 1.54) is 0 Å². The van der Waals surface area contributed by atoms with Crippen LogP contribution in [0.5, 0.6) is 0 Å². The number of rotatable bonds is 4. The molecule has 1 N–H and O–H groups in total. The fourth-order valence-corrected chi connectivity index (χ4v) is 6.53. The fourth-order valence-electron chi connectivity index (χ4n) is 4.13. The van der Waals surface area contributed by atoms with Crippen molar-refractivity contribution in [2.45, 2.75) is 18.1 Å². The smallest absolute Gasteiger partial charge is 0.256 e. The van der Waals surface area contributed by atoms with Crippen LogP contribution < -0.4 is 0 Å². The minimum Gasteiger partial charge on any atom is -0.381 e. The summed E-state index contributed by atoms with van der Waals surface area (Å²) in [6.07, 6.45) is 2.33. The van der Waals surface area contributed by atoms with Crippen LogP contribution in [0.2, 0.25) is 0 Å². The Labute approximate surface area is 147 Å². The summed E-state index contributed by atoms with van der Waals surface area (Å²) < 4.78 is 29.9. The van der Waals surface area contributed by atoms with E-state index in [9.17, 15) is 13.2 Å². The average molecular weight is 362 g/mol. The molecule has 0 saturated carbocycles. The van der Waals surface area contributed by atoms with Crippen molar-refractivity contribution < 1.29 is 17.9 Å². The molecule has 4 rings (SSSR count). The molecule has 1 aromatic carbocycles. The van der Waals surface area contributed by atoms with Crippen molar-refractivity contribution in [1.82, 2.24) is 9.88 Å². The molecule has 2 aliphatic heterocycles. The summed E-state index contributed by atoms with van der Waals surface area (Å²) in [5, 5.41) is 0.869. The number of para-hydroxylation sites is 1. The number of amides is 1. The fraction of sp³-hybridized carbons (Fsp3) is 0.500. The van der Waals surface area contributed by atoms with Crippen LogP contribution in [-0.2, 0) is 14.6 Å². The Morgan fingerprint density at radius 2 is 2.12 bits per heavy atom. The summed E-state index contributed by atoms with van der Waals surface area (Å²) in [5.74, 6) is 0.0599. The molecule has 1 atom stereocenters. The quantitative estimate of drug-likeness (QED) is 0.900. The number of ether oxygens (including phenoxy) is 1. The number of nitrogens with zero attached hydrogens (tertiary/aromatic N) is 1. The zero-order chi connectivity index (χ0) is 17.7. The predicted octanol–water partition coefficient (Wildman–Crippen LogP) is 1.83. The van der Waals surface area contributed by atoms with Crippen LogP contribution in [0, 0.1) is 5.92 Å². The average Bonchev–Trinajstić information content (AvgIpc) is 3.09. The molecule has 1 aromatic heterocycles. The Balaban J connectivity index is 1.56. The SMILES string of the molecule is CCOC[C@@H]1CCS(=O)(=O)C12CN(C(=O)c1c[nH]c3ccccc13)C2. The third kappa shape index (κ3) is 2.40. The Morgan fingerprint density at radius 1 is 1.36 bits per heavy atom. The van der Waals surface area contributed by atoms with Crippen molar-refractivity contribution in [3.05, 3.63) is 36.0 Å². The normalized spacial score (nSPS) is 23.9. The molecule has 0 radical (unpaired) electrons. The van der Waals surface area contributed by atoms with E-state index in [-0.39, 0.29) is 30.7 Å². The molecular formula is C18H22N2O4S. The van der Waals surface area contributed by atoms with Gasteiger partial charge in [-0.05, 0) is 19.4 Å². The number of benzene rings is 1. The summed E-state index contributed by atoms with van der Waals surface area (Å²) in [7, 11) is -3.19. The van der Waals surface area contributed by atoms with Crippen molar-refractivity contribution in [1.29, 1.82) is 0 Å². The predicted molar refractivity (Wildman–Crippen MR) is 95.3 cm³/mol.